The molecule has 3 rings (SSSR count). The Bertz CT molecular complexity index is 935. The van der Waals surface area contributed by atoms with Crippen LogP contribution in [0.3, 0.4) is 0 Å². The van der Waals surface area contributed by atoms with Crippen LogP contribution in [-0.2, 0) is 16.6 Å². The first kappa shape index (κ1) is 20.2. The molecule has 0 radical (unpaired) electrons. The minimum absolute atomic E-state index is 0.0349. The highest BCUT2D eigenvalue weighted by Crippen LogP contribution is 2.21. The number of methoxy groups -OCH3 is 2. The van der Waals surface area contributed by atoms with Crippen LogP contribution >= 0.6 is 0 Å². The Morgan fingerprint density at radius 3 is 2.50 bits per heavy atom. The molecule has 0 unspecified atom stereocenters. The number of rotatable bonds is 7. The molecule has 1 saturated heterocycles. The lowest BCUT2D eigenvalue weighted by Crippen LogP contribution is -2.32. The van der Waals surface area contributed by atoms with Gasteiger partial charge < -0.3 is 14.4 Å². The highest BCUT2D eigenvalue weighted by atomic mass is 32.2. The molecule has 0 aliphatic carbocycles. The zero-order valence-electron chi connectivity index (χ0n) is 15.7. The number of anilines is 1. The standard InChI is InChI=1S/C17H22FN5O4S/c1-26-14-7-6-12(10-13(14)18)28(24,25)19-11-15-20-16(22-17(21-15)27-2)23-8-4-3-5-9-23/h6-7,10,19H,3-5,8-9,11H2,1-2H3. The minimum atomic E-state index is -3.96. The Hall–Kier alpha value is -2.53. The average molecular weight is 411 g/mol. The average Bonchev–Trinajstić information content (AvgIpc) is 2.72. The number of benzene rings is 1. The second kappa shape index (κ2) is 8.65. The normalized spacial score (nSPS) is 14.8. The Kier molecular flexibility index (Phi) is 6.25. The van der Waals surface area contributed by atoms with E-state index in [-0.39, 0.29) is 29.0 Å². The van der Waals surface area contributed by atoms with Crippen LogP contribution in [0.5, 0.6) is 11.8 Å². The molecule has 28 heavy (non-hydrogen) atoms. The molecular weight excluding hydrogens is 389 g/mol. The van der Waals surface area contributed by atoms with Gasteiger partial charge in [-0.25, -0.2) is 17.5 Å². The van der Waals surface area contributed by atoms with Crippen molar-refractivity contribution < 1.29 is 22.3 Å². The van der Waals surface area contributed by atoms with Gasteiger partial charge in [0.1, 0.15) is 0 Å². The van der Waals surface area contributed by atoms with Crippen LogP contribution in [0.15, 0.2) is 23.1 Å². The number of hydrogen-bond donors (Lipinski definition) is 1. The molecule has 1 aliphatic heterocycles. The second-order valence-electron chi connectivity index (χ2n) is 6.21. The molecule has 152 valence electrons. The Morgan fingerprint density at radius 1 is 1.11 bits per heavy atom. The summed E-state index contributed by atoms with van der Waals surface area (Å²) in [5, 5.41) is 0. The van der Waals surface area contributed by atoms with E-state index in [1.165, 1.54) is 26.4 Å². The summed E-state index contributed by atoms with van der Waals surface area (Å²) in [5.41, 5.74) is 0. The van der Waals surface area contributed by atoms with Crippen molar-refractivity contribution in [3.63, 3.8) is 0 Å². The molecule has 0 bridgehead atoms. The molecule has 2 heterocycles. The van der Waals surface area contributed by atoms with E-state index in [9.17, 15) is 12.8 Å². The third-order valence-electron chi connectivity index (χ3n) is 4.32. The number of ether oxygens (including phenoxy) is 2. The summed E-state index contributed by atoms with van der Waals surface area (Å²) in [6.07, 6.45) is 3.24. The summed E-state index contributed by atoms with van der Waals surface area (Å²) >= 11 is 0. The number of nitrogens with one attached hydrogen (secondary N) is 1. The molecule has 11 heteroatoms. The first-order valence-corrected chi connectivity index (χ1v) is 10.3. The number of sulfonamides is 1. The Morgan fingerprint density at radius 2 is 1.86 bits per heavy atom. The van der Waals surface area contributed by atoms with Gasteiger partial charge in [-0.15, -0.1) is 0 Å². The molecule has 1 aromatic carbocycles. The Balaban J connectivity index is 1.78. The van der Waals surface area contributed by atoms with E-state index in [2.05, 4.69) is 19.7 Å². The third-order valence-corrected chi connectivity index (χ3v) is 5.72. The molecule has 0 atom stereocenters. The minimum Gasteiger partial charge on any atom is -0.494 e. The molecule has 1 N–H and O–H groups in total. The van der Waals surface area contributed by atoms with Crippen molar-refractivity contribution in [2.75, 3.05) is 32.2 Å². The molecular formula is C17H22FN5O4S. The predicted molar refractivity (Wildman–Crippen MR) is 99.4 cm³/mol. The van der Waals surface area contributed by atoms with Crippen molar-refractivity contribution in [2.45, 2.75) is 30.7 Å². The predicted octanol–water partition coefficient (Wildman–Crippen LogP) is 1.50. The SMILES string of the molecule is COc1nc(CNS(=O)(=O)c2ccc(OC)c(F)c2)nc(N2CCCCC2)n1. The summed E-state index contributed by atoms with van der Waals surface area (Å²) in [7, 11) is -1.23. The van der Waals surface area contributed by atoms with Gasteiger partial charge in [0.25, 0.3) is 0 Å². The highest BCUT2D eigenvalue weighted by Gasteiger charge is 2.20. The van der Waals surface area contributed by atoms with E-state index >= 15 is 0 Å². The number of nitrogens with zero attached hydrogens (tertiary/aromatic N) is 4. The van der Waals surface area contributed by atoms with Gasteiger partial charge >= 0.3 is 6.01 Å². The van der Waals surface area contributed by atoms with Gasteiger partial charge in [-0.3, -0.25) is 0 Å². The van der Waals surface area contributed by atoms with Crippen LogP contribution in [-0.4, -0.2) is 50.7 Å². The maximum Gasteiger partial charge on any atom is 0.321 e. The van der Waals surface area contributed by atoms with Crippen LogP contribution in [0.2, 0.25) is 0 Å². The fraction of sp³-hybridized carbons (Fsp3) is 0.471. The quantitative estimate of drug-likeness (QED) is 0.731. The van der Waals surface area contributed by atoms with Crippen molar-refractivity contribution in [1.82, 2.24) is 19.7 Å². The van der Waals surface area contributed by atoms with Gasteiger partial charge in [0.05, 0.1) is 25.7 Å². The van der Waals surface area contributed by atoms with E-state index < -0.39 is 15.8 Å². The van der Waals surface area contributed by atoms with E-state index in [1.807, 2.05) is 4.90 Å². The zero-order chi connectivity index (χ0) is 20.1. The summed E-state index contributed by atoms with van der Waals surface area (Å²) in [4.78, 5) is 14.5. The summed E-state index contributed by atoms with van der Waals surface area (Å²) in [6.45, 7) is 1.46. The van der Waals surface area contributed by atoms with Gasteiger partial charge in [-0.05, 0) is 37.5 Å². The molecule has 1 aliphatic rings. The van der Waals surface area contributed by atoms with Crippen molar-refractivity contribution in [2.24, 2.45) is 0 Å². The molecule has 2 aromatic rings. The largest absolute Gasteiger partial charge is 0.494 e. The van der Waals surface area contributed by atoms with E-state index in [4.69, 9.17) is 9.47 Å². The van der Waals surface area contributed by atoms with Crippen LogP contribution in [0, 0.1) is 5.82 Å². The number of halogens is 1. The van der Waals surface area contributed by atoms with Gasteiger partial charge in [0, 0.05) is 13.1 Å². The van der Waals surface area contributed by atoms with E-state index in [0.717, 1.165) is 38.4 Å². The molecule has 0 amide bonds. The Labute approximate surface area is 163 Å². The monoisotopic (exact) mass is 411 g/mol. The van der Waals surface area contributed by atoms with Crippen molar-refractivity contribution in [3.05, 3.63) is 29.8 Å². The first-order chi connectivity index (χ1) is 13.4. The van der Waals surface area contributed by atoms with Crippen LogP contribution in [0.4, 0.5) is 10.3 Å². The highest BCUT2D eigenvalue weighted by molar-refractivity contribution is 7.89. The van der Waals surface area contributed by atoms with E-state index in [1.54, 1.807) is 0 Å². The summed E-state index contributed by atoms with van der Waals surface area (Å²) < 4.78 is 51.1. The number of aromatic nitrogens is 3. The second-order valence-corrected chi connectivity index (χ2v) is 7.97. The maximum absolute atomic E-state index is 13.8. The van der Waals surface area contributed by atoms with Gasteiger partial charge in [-0.1, -0.05) is 0 Å². The van der Waals surface area contributed by atoms with E-state index in [0.29, 0.717) is 5.95 Å². The summed E-state index contributed by atoms with van der Waals surface area (Å²) in [5.74, 6) is -0.131. The fourth-order valence-electron chi connectivity index (χ4n) is 2.85. The molecule has 0 saturated carbocycles. The number of hydrogen-bond acceptors (Lipinski definition) is 8. The lowest BCUT2D eigenvalue weighted by atomic mass is 10.1. The van der Waals surface area contributed by atoms with Crippen LogP contribution in [0.1, 0.15) is 25.1 Å². The smallest absolute Gasteiger partial charge is 0.321 e. The van der Waals surface area contributed by atoms with Crippen molar-refractivity contribution in [3.8, 4) is 11.8 Å². The lowest BCUT2D eigenvalue weighted by molar-refractivity contribution is 0.374. The van der Waals surface area contributed by atoms with Gasteiger partial charge in [-0.2, -0.15) is 15.0 Å². The van der Waals surface area contributed by atoms with Gasteiger partial charge in [0.15, 0.2) is 17.4 Å². The molecule has 9 nitrogen and oxygen atoms in total. The topological polar surface area (TPSA) is 107 Å². The maximum atomic E-state index is 13.8. The third kappa shape index (κ3) is 4.65. The summed E-state index contributed by atoms with van der Waals surface area (Å²) in [6, 6.07) is 3.52. The first-order valence-electron chi connectivity index (χ1n) is 8.80. The van der Waals surface area contributed by atoms with Crippen molar-refractivity contribution in [1.29, 1.82) is 0 Å². The zero-order valence-corrected chi connectivity index (χ0v) is 16.5. The fourth-order valence-corrected chi connectivity index (χ4v) is 3.84. The van der Waals surface area contributed by atoms with Gasteiger partial charge in [0.2, 0.25) is 16.0 Å². The van der Waals surface area contributed by atoms with Crippen LogP contribution < -0.4 is 19.1 Å². The van der Waals surface area contributed by atoms with Crippen LogP contribution in [0.25, 0.3) is 0 Å². The molecule has 1 aromatic heterocycles. The van der Waals surface area contributed by atoms with Crippen molar-refractivity contribution >= 4 is 16.0 Å². The lowest BCUT2D eigenvalue weighted by Gasteiger charge is -2.26. The number of piperidine rings is 1. The molecule has 0 spiro atoms. The molecule has 1 fully saturated rings.